The summed E-state index contributed by atoms with van der Waals surface area (Å²) in [6.45, 7) is 1.61. The number of aromatic amines is 1. The Hall–Kier alpha value is -3.14. The number of thioether (sulfide) groups is 1. The minimum absolute atomic E-state index is 0.264. The normalized spacial score (nSPS) is 11.9. The Labute approximate surface area is 152 Å². The summed E-state index contributed by atoms with van der Waals surface area (Å²) in [6, 6.07) is 8.70. The maximum atomic E-state index is 12.3. The van der Waals surface area contributed by atoms with Gasteiger partial charge in [0, 0.05) is 7.05 Å². The van der Waals surface area contributed by atoms with Crippen molar-refractivity contribution in [1.82, 2.24) is 30.4 Å². The maximum absolute atomic E-state index is 12.3. The third kappa shape index (κ3) is 3.59. The molecule has 10 heteroatoms. The number of rotatable bonds is 4. The average Bonchev–Trinajstić information content (AvgIpc) is 3.06. The van der Waals surface area contributed by atoms with E-state index in [0.29, 0.717) is 11.0 Å². The molecule has 9 nitrogen and oxygen atoms in total. The average molecular weight is 372 g/mol. The van der Waals surface area contributed by atoms with Crippen LogP contribution in [0.15, 0.2) is 46.5 Å². The number of carbonyl (C=O) groups is 2. The van der Waals surface area contributed by atoms with Crippen LogP contribution in [0.2, 0.25) is 0 Å². The van der Waals surface area contributed by atoms with E-state index in [0.717, 1.165) is 17.4 Å². The predicted molar refractivity (Wildman–Crippen MR) is 97.4 cm³/mol. The van der Waals surface area contributed by atoms with Gasteiger partial charge in [0.2, 0.25) is 5.91 Å². The Kier molecular flexibility index (Phi) is 5.03. The Bertz CT molecular complexity index is 1010. The van der Waals surface area contributed by atoms with E-state index in [4.69, 9.17) is 0 Å². The number of carbonyl (C=O) groups excluding carboxylic acids is 2. The van der Waals surface area contributed by atoms with Gasteiger partial charge in [-0.1, -0.05) is 30.0 Å². The van der Waals surface area contributed by atoms with Gasteiger partial charge >= 0.3 is 6.03 Å². The number of amides is 3. The van der Waals surface area contributed by atoms with E-state index in [1.165, 1.54) is 13.2 Å². The lowest BCUT2D eigenvalue weighted by molar-refractivity contribution is -0.119. The van der Waals surface area contributed by atoms with Crippen molar-refractivity contribution in [2.24, 2.45) is 0 Å². The zero-order valence-electron chi connectivity index (χ0n) is 14.0. The standard InChI is InChI=1S/C16H16N6O3S/c1-9(13(23)20-15(25)17-2)26-16-19-12-11(14(24)21-16)8-18-22(12)10-6-4-3-5-7-10/h3-9H,1-2H3,(H,19,21,24)(H2,17,20,23,25). The predicted octanol–water partition coefficient (Wildman–Crippen LogP) is 1.04. The van der Waals surface area contributed by atoms with Crippen molar-refractivity contribution in [3.8, 4) is 5.69 Å². The van der Waals surface area contributed by atoms with Gasteiger partial charge in [0.1, 0.15) is 5.39 Å². The summed E-state index contributed by atoms with van der Waals surface area (Å²) in [7, 11) is 1.41. The first-order chi connectivity index (χ1) is 12.5. The maximum Gasteiger partial charge on any atom is 0.321 e. The Balaban J connectivity index is 1.92. The summed E-state index contributed by atoms with van der Waals surface area (Å²) < 4.78 is 1.56. The number of aromatic nitrogens is 4. The molecule has 0 aliphatic heterocycles. The van der Waals surface area contributed by atoms with Crippen molar-refractivity contribution in [2.45, 2.75) is 17.3 Å². The van der Waals surface area contributed by atoms with E-state index < -0.39 is 17.2 Å². The van der Waals surface area contributed by atoms with Crippen LogP contribution in [0.1, 0.15) is 6.92 Å². The Morgan fingerprint density at radius 1 is 1.27 bits per heavy atom. The van der Waals surface area contributed by atoms with Crippen molar-refractivity contribution in [3.05, 3.63) is 46.9 Å². The highest BCUT2D eigenvalue weighted by atomic mass is 32.2. The zero-order valence-corrected chi connectivity index (χ0v) is 14.8. The summed E-state index contributed by atoms with van der Waals surface area (Å²) in [5.41, 5.74) is 0.807. The molecule has 26 heavy (non-hydrogen) atoms. The van der Waals surface area contributed by atoms with Crippen LogP contribution < -0.4 is 16.2 Å². The number of nitrogens with one attached hydrogen (secondary N) is 3. The Morgan fingerprint density at radius 3 is 2.69 bits per heavy atom. The molecule has 0 bridgehead atoms. The largest absolute Gasteiger partial charge is 0.341 e. The second-order valence-corrected chi connectivity index (χ2v) is 6.66. The van der Waals surface area contributed by atoms with Crippen LogP contribution in [0, 0.1) is 0 Å². The number of hydrogen-bond donors (Lipinski definition) is 3. The van der Waals surface area contributed by atoms with Crippen LogP contribution >= 0.6 is 11.8 Å². The van der Waals surface area contributed by atoms with Crippen LogP contribution in [-0.4, -0.2) is 44.0 Å². The monoisotopic (exact) mass is 372 g/mol. The SMILES string of the molecule is CNC(=O)NC(=O)C(C)Sc1nc2c(cnn2-c2ccccc2)c(=O)[nH]1. The van der Waals surface area contributed by atoms with E-state index in [2.05, 4.69) is 25.7 Å². The van der Waals surface area contributed by atoms with Crippen LogP contribution in [0.3, 0.4) is 0 Å². The van der Waals surface area contributed by atoms with Gasteiger partial charge in [0.05, 0.1) is 17.1 Å². The third-order valence-corrected chi connectivity index (χ3v) is 4.52. The van der Waals surface area contributed by atoms with E-state index in [1.54, 1.807) is 11.6 Å². The van der Waals surface area contributed by atoms with Gasteiger partial charge in [-0.15, -0.1) is 0 Å². The minimum Gasteiger partial charge on any atom is -0.341 e. The summed E-state index contributed by atoms with van der Waals surface area (Å²) in [5.74, 6) is -0.492. The quantitative estimate of drug-likeness (QED) is 0.465. The molecule has 0 aliphatic carbocycles. The molecule has 3 rings (SSSR count). The Morgan fingerprint density at radius 2 is 2.00 bits per heavy atom. The molecule has 0 fully saturated rings. The number of benzene rings is 1. The molecule has 1 atom stereocenters. The molecule has 3 aromatic rings. The van der Waals surface area contributed by atoms with Gasteiger partial charge in [0.25, 0.3) is 5.56 Å². The number of fused-ring (bicyclic) bond motifs is 1. The van der Waals surface area contributed by atoms with Gasteiger partial charge in [-0.3, -0.25) is 14.9 Å². The highest BCUT2D eigenvalue weighted by Gasteiger charge is 2.19. The number of imide groups is 1. The first-order valence-corrected chi connectivity index (χ1v) is 8.60. The molecule has 0 saturated carbocycles. The molecule has 1 aromatic carbocycles. The second-order valence-electron chi connectivity index (χ2n) is 5.33. The minimum atomic E-state index is -0.638. The molecular formula is C16H16N6O3S. The van der Waals surface area contributed by atoms with Gasteiger partial charge < -0.3 is 10.3 Å². The zero-order chi connectivity index (χ0) is 18.7. The van der Waals surface area contributed by atoms with Crippen molar-refractivity contribution < 1.29 is 9.59 Å². The van der Waals surface area contributed by atoms with Crippen molar-refractivity contribution in [3.63, 3.8) is 0 Å². The summed E-state index contributed by atoms with van der Waals surface area (Å²) in [6.07, 6.45) is 1.45. The highest BCUT2D eigenvalue weighted by Crippen LogP contribution is 2.21. The molecule has 1 unspecified atom stereocenters. The van der Waals surface area contributed by atoms with Gasteiger partial charge in [-0.2, -0.15) is 5.10 Å². The molecule has 2 aromatic heterocycles. The first-order valence-electron chi connectivity index (χ1n) is 7.72. The number of nitrogens with zero attached hydrogens (tertiary/aromatic N) is 3. The van der Waals surface area contributed by atoms with Gasteiger partial charge in [-0.25, -0.2) is 14.5 Å². The van der Waals surface area contributed by atoms with Crippen molar-refractivity contribution >= 4 is 34.7 Å². The molecule has 3 amide bonds. The lowest BCUT2D eigenvalue weighted by Crippen LogP contribution is -2.41. The summed E-state index contributed by atoms with van der Waals surface area (Å²) in [4.78, 5) is 42.6. The van der Waals surface area contributed by atoms with Crippen LogP contribution in [-0.2, 0) is 4.79 Å². The molecule has 0 radical (unpaired) electrons. The van der Waals surface area contributed by atoms with Crippen LogP contribution in [0.5, 0.6) is 0 Å². The lowest BCUT2D eigenvalue weighted by atomic mass is 10.3. The number of H-pyrrole nitrogens is 1. The highest BCUT2D eigenvalue weighted by molar-refractivity contribution is 8.00. The summed E-state index contributed by atoms with van der Waals surface area (Å²) >= 11 is 1.04. The molecule has 0 saturated heterocycles. The molecule has 0 spiro atoms. The van der Waals surface area contributed by atoms with Crippen LogP contribution in [0.25, 0.3) is 16.7 Å². The number of urea groups is 1. The first kappa shape index (κ1) is 17.7. The van der Waals surface area contributed by atoms with E-state index in [9.17, 15) is 14.4 Å². The van der Waals surface area contributed by atoms with E-state index in [-0.39, 0.29) is 10.7 Å². The fourth-order valence-corrected chi connectivity index (χ4v) is 3.00. The fourth-order valence-electron chi connectivity index (χ4n) is 2.21. The van der Waals surface area contributed by atoms with E-state index >= 15 is 0 Å². The van der Waals surface area contributed by atoms with Gasteiger partial charge in [0.15, 0.2) is 10.8 Å². The molecule has 0 aliphatic rings. The summed E-state index contributed by atoms with van der Waals surface area (Å²) in [5, 5.41) is 8.69. The van der Waals surface area contributed by atoms with E-state index in [1.807, 2.05) is 30.3 Å². The van der Waals surface area contributed by atoms with Crippen LogP contribution in [0.4, 0.5) is 4.79 Å². The third-order valence-electron chi connectivity index (χ3n) is 3.54. The van der Waals surface area contributed by atoms with Crippen molar-refractivity contribution in [2.75, 3.05) is 7.05 Å². The smallest absolute Gasteiger partial charge is 0.321 e. The lowest BCUT2D eigenvalue weighted by Gasteiger charge is -2.10. The molecule has 3 N–H and O–H groups in total. The number of para-hydroxylation sites is 1. The number of hydrogen-bond acceptors (Lipinski definition) is 6. The topological polar surface area (TPSA) is 122 Å². The second kappa shape index (κ2) is 7.40. The molecule has 134 valence electrons. The molecular weight excluding hydrogens is 356 g/mol. The van der Waals surface area contributed by atoms with Crippen molar-refractivity contribution in [1.29, 1.82) is 0 Å². The fraction of sp³-hybridized carbons (Fsp3) is 0.188. The molecule has 2 heterocycles. The van der Waals surface area contributed by atoms with Gasteiger partial charge in [-0.05, 0) is 19.1 Å².